The van der Waals surface area contributed by atoms with Crippen molar-refractivity contribution >= 4 is 14.4 Å². The van der Waals surface area contributed by atoms with Gasteiger partial charge in [0.25, 0.3) is 0 Å². The molecule has 6 nitrogen and oxygen atoms in total. The molecule has 0 aliphatic carbocycles. The van der Waals surface area contributed by atoms with Crippen LogP contribution in [0.3, 0.4) is 0 Å². The molecule has 0 rings (SSSR count). The van der Waals surface area contributed by atoms with Crippen molar-refractivity contribution in [3.05, 3.63) is 0 Å². The molecule has 0 radical (unpaired) electrons. The first-order valence-corrected chi connectivity index (χ1v) is 9.44. The molecule has 0 spiro atoms. The van der Waals surface area contributed by atoms with Crippen LogP contribution in [-0.2, 0) is 9.16 Å². The fourth-order valence-corrected chi connectivity index (χ4v) is 1.99. The lowest BCUT2D eigenvalue weighted by Crippen LogP contribution is -2.41. The van der Waals surface area contributed by atoms with Gasteiger partial charge in [-0.25, -0.2) is 4.79 Å². The van der Waals surface area contributed by atoms with Gasteiger partial charge < -0.3 is 9.16 Å². The Morgan fingerprint density at radius 1 is 1.32 bits per heavy atom. The molecule has 0 aromatic rings. The van der Waals surface area contributed by atoms with Gasteiger partial charge in [-0.1, -0.05) is 26.0 Å². The second kappa shape index (κ2) is 7.59. The first-order valence-electron chi connectivity index (χ1n) is 6.53. The molecule has 112 valence electrons. The highest BCUT2D eigenvalue weighted by Crippen LogP contribution is 2.36. The van der Waals surface area contributed by atoms with Crippen LogP contribution in [0.25, 0.3) is 0 Å². The zero-order chi connectivity index (χ0) is 15.1. The van der Waals surface area contributed by atoms with Crippen molar-refractivity contribution in [2.75, 3.05) is 26.8 Å². The third-order valence-electron chi connectivity index (χ3n) is 3.19. The largest absolute Gasteiger partial charge is 0.448 e. The van der Waals surface area contributed by atoms with Crippen LogP contribution in [0.15, 0.2) is 10.3 Å². The summed E-state index contributed by atoms with van der Waals surface area (Å²) in [5.41, 5.74) is 0. The van der Waals surface area contributed by atoms with Crippen LogP contribution < -0.4 is 0 Å². The van der Waals surface area contributed by atoms with E-state index >= 15 is 0 Å². The summed E-state index contributed by atoms with van der Waals surface area (Å²) >= 11 is 0. The maximum absolute atomic E-state index is 11.2. The number of hydrogen-bond donors (Lipinski definition) is 0. The van der Waals surface area contributed by atoms with Crippen molar-refractivity contribution in [1.29, 1.82) is 0 Å². The summed E-state index contributed by atoms with van der Waals surface area (Å²) in [5.74, 6) is 0. The fourth-order valence-electron chi connectivity index (χ4n) is 0.951. The zero-order valence-electron chi connectivity index (χ0n) is 13.2. The Labute approximate surface area is 117 Å². The summed E-state index contributed by atoms with van der Waals surface area (Å²) in [7, 11) is -0.213. The molecule has 0 aromatic carbocycles. The molecular weight excluding hydrogens is 262 g/mol. The van der Waals surface area contributed by atoms with E-state index in [9.17, 15) is 4.79 Å². The van der Waals surface area contributed by atoms with Gasteiger partial charge in [-0.3, -0.25) is 0 Å². The van der Waals surface area contributed by atoms with Gasteiger partial charge in [0.05, 0.1) is 19.8 Å². The Bertz CT molecular complexity index is 314. The number of hydrogen-bond acceptors (Lipinski definition) is 5. The molecule has 0 heterocycles. The van der Waals surface area contributed by atoms with E-state index < -0.39 is 14.4 Å². The molecule has 7 heteroatoms. The summed E-state index contributed by atoms with van der Waals surface area (Å²) in [5, 5.41) is 8.92. The summed E-state index contributed by atoms with van der Waals surface area (Å²) < 4.78 is 10.7. The predicted octanol–water partition coefficient (Wildman–Crippen LogP) is 3.46. The van der Waals surface area contributed by atoms with Crippen molar-refractivity contribution in [2.45, 2.75) is 45.8 Å². The van der Waals surface area contributed by atoms with Gasteiger partial charge in [0, 0.05) is 7.05 Å². The molecule has 19 heavy (non-hydrogen) atoms. The third-order valence-corrected chi connectivity index (χ3v) is 7.73. The van der Waals surface area contributed by atoms with Gasteiger partial charge in [-0.15, -0.1) is 0 Å². The van der Waals surface area contributed by atoms with Gasteiger partial charge in [-0.2, -0.15) is 10.1 Å². The van der Waals surface area contributed by atoms with E-state index in [0.717, 1.165) is 5.01 Å². The Morgan fingerprint density at radius 2 is 1.89 bits per heavy atom. The lowest BCUT2D eigenvalue weighted by Gasteiger charge is -2.35. The van der Waals surface area contributed by atoms with Gasteiger partial charge in [0.1, 0.15) is 0 Å². The lowest BCUT2D eigenvalue weighted by atomic mass is 10.2. The minimum absolute atomic E-state index is 0.186. The quantitative estimate of drug-likeness (QED) is 0.325. The highest BCUT2D eigenvalue weighted by Gasteiger charge is 2.36. The molecule has 1 amide bonds. The Balaban J connectivity index is 4.02. The van der Waals surface area contributed by atoms with Gasteiger partial charge in [0.15, 0.2) is 8.32 Å². The molecular formula is C12H27N3O3Si. The van der Waals surface area contributed by atoms with Crippen LogP contribution >= 0.6 is 0 Å². The molecule has 0 fully saturated rings. The van der Waals surface area contributed by atoms with E-state index in [0.29, 0.717) is 19.8 Å². The van der Waals surface area contributed by atoms with Gasteiger partial charge in [0.2, 0.25) is 0 Å². The molecule has 0 saturated carbocycles. The van der Waals surface area contributed by atoms with E-state index in [1.54, 1.807) is 6.92 Å². The van der Waals surface area contributed by atoms with E-state index in [2.05, 4.69) is 44.2 Å². The predicted molar refractivity (Wildman–Crippen MR) is 77.7 cm³/mol. The smallest absolute Gasteiger partial charge is 0.431 e. The van der Waals surface area contributed by atoms with Crippen LogP contribution in [0.1, 0.15) is 27.7 Å². The maximum Gasteiger partial charge on any atom is 0.431 e. The average molecular weight is 289 g/mol. The van der Waals surface area contributed by atoms with E-state index in [-0.39, 0.29) is 5.04 Å². The maximum atomic E-state index is 11.2. The minimum atomic E-state index is -1.72. The van der Waals surface area contributed by atoms with Gasteiger partial charge >= 0.3 is 6.09 Å². The Kier molecular flexibility index (Phi) is 7.21. The van der Waals surface area contributed by atoms with E-state index in [1.165, 1.54) is 7.05 Å². The van der Waals surface area contributed by atoms with Crippen LogP contribution in [0.2, 0.25) is 18.1 Å². The van der Waals surface area contributed by atoms with Crippen LogP contribution in [0.4, 0.5) is 4.79 Å². The van der Waals surface area contributed by atoms with Crippen LogP contribution in [0.5, 0.6) is 0 Å². The summed E-state index contributed by atoms with van der Waals surface area (Å²) in [6, 6.07) is 0. The normalized spacial score (nSPS) is 12.8. The molecule has 0 aliphatic heterocycles. The summed E-state index contributed by atoms with van der Waals surface area (Å²) in [6.45, 7) is 14.0. The lowest BCUT2D eigenvalue weighted by molar-refractivity contribution is 0.114. The number of amides is 1. The second-order valence-corrected chi connectivity index (χ2v) is 10.6. The number of carbonyl (C=O) groups excluding carboxylic acids is 1. The van der Waals surface area contributed by atoms with E-state index in [4.69, 9.17) is 9.16 Å². The average Bonchev–Trinajstić information content (AvgIpc) is 2.26. The monoisotopic (exact) mass is 289 g/mol. The molecule has 0 bridgehead atoms. The van der Waals surface area contributed by atoms with Crippen molar-refractivity contribution in [1.82, 2.24) is 5.01 Å². The van der Waals surface area contributed by atoms with Crippen molar-refractivity contribution in [3.8, 4) is 0 Å². The molecule has 0 saturated heterocycles. The molecule has 0 N–H and O–H groups in total. The minimum Gasteiger partial charge on any atom is -0.448 e. The molecule has 0 atom stereocenters. The second-order valence-electron chi connectivity index (χ2n) is 5.79. The van der Waals surface area contributed by atoms with Crippen molar-refractivity contribution in [3.63, 3.8) is 0 Å². The van der Waals surface area contributed by atoms with Crippen molar-refractivity contribution in [2.24, 2.45) is 10.3 Å². The zero-order valence-corrected chi connectivity index (χ0v) is 14.2. The number of ether oxygens (including phenoxy) is 1. The molecule has 0 unspecified atom stereocenters. The fraction of sp³-hybridized carbons (Fsp3) is 0.917. The highest BCUT2D eigenvalue weighted by molar-refractivity contribution is 6.74. The number of nitrogens with zero attached hydrogens (tertiary/aromatic N) is 3. The van der Waals surface area contributed by atoms with Crippen LogP contribution in [-0.4, -0.2) is 46.2 Å². The van der Waals surface area contributed by atoms with Crippen molar-refractivity contribution < 1.29 is 14.0 Å². The summed E-state index contributed by atoms with van der Waals surface area (Å²) in [6.07, 6.45) is -0.503. The topological polar surface area (TPSA) is 63.5 Å². The Morgan fingerprint density at radius 3 is 2.37 bits per heavy atom. The first-order chi connectivity index (χ1) is 8.62. The van der Waals surface area contributed by atoms with E-state index in [1.807, 2.05) is 0 Å². The van der Waals surface area contributed by atoms with Crippen LogP contribution in [0, 0.1) is 0 Å². The molecule has 0 aromatic heterocycles. The number of rotatable bonds is 6. The third kappa shape index (κ3) is 6.67. The van der Waals surface area contributed by atoms with Gasteiger partial charge in [-0.05, 0) is 25.1 Å². The first kappa shape index (κ1) is 18.0. The standard InChI is InChI=1S/C12H27N3O3Si/c1-8-17-11(16)15(5)14-13-9-10-18-19(6,7)12(2,3)4/h8-10H2,1-7H3. The summed E-state index contributed by atoms with van der Waals surface area (Å²) in [4.78, 5) is 11.2. The Hall–Kier alpha value is -0.953. The SMILES string of the molecule is CCOC(=O)N(C)N=NCCO[Si](C)(C)C(C)(C)C. The number of carbonyl (C=O) groups is 1. The molecule has 0 aliphatic rings. The highest BCUT2D eigenvalue weighted by atomic mass is 28.4.